The summed E-state index contributed by atoms with van der Waals surface area (Å²) in [5, 5.41) is 14.4. The molecule has 26 heavy (non-hydrogen) atoms. The van der Waals surface area contributed by atoms with Crippen molar-refractivity contribution in [2.45, 2.75) is 38.3 Å². The third kappa shape index (κ3) is 4.97. The average molecular weight is 376 g/mol. The fourth-order valence-corrected chi connectivity index (χ4v) is 3.38. The molecule has 0 spiro atoms. The fourth-order valence-electron chi connectivity index (χ4n) is 3.18. The third-order valence-corrected chi connectivity index (χ3v) is 4.73. The van der Waals surface area contributed by atoms with Crippen molar-refractivity contribution in [3.63, 3.8) is 0 Å². The summed E-state index contributed by atoms with van der Waals surface area (Å²) in [4.78, 5) is 20.5. The minimum absolute atomic E-state index is 0.264. The largest absolute Gasteiger partial charge is 0.387 e. The van der Waals surface area contributed by atoms with Crippen molar-refractivity contribution in [2.24, 2.45) is 0 Å². The van der Waals surface area contributed by atoms with Crippen LogP contribution in [0.15, 0.2) is 42.5 Å². The van der Waals surface area contributed by atoms with Gasteiger partial charge in [0.05, 0.1) is 6.10 Å². The van der Waals surface area contributed by atoms with Crippen LogP contribution in [0.1, 0.15) is 36.1 Å². The molecule has 0 heterocycles. The lowest BCUT2D eigenvalue weighted by Gasteiger charge is -2.27. The van der Waals surface area contributed by atoms with Gasteiger partial charge in [-0.15, -0.1) is 0 Å². The first kappa shape index (κ1) is 18.7. The van der Waals surface area contributed by atoms with Crippen molar-refractivity contribution in [3.8, 4) is 5.75 Å². The van der Waals surface area contributed by atoms with E-state index in [0.717, 1.165) is 30.4 Å². The number of aliphatic hydroxyl groups excluding tert-OH is 1. The quantitative estimate of drug-likeness (QED) is 0.598. The molecule has 0 bridgehead atoms. The van der Waals surface area contributed by atoms with Gasteiger partial charge in [-0.05, 0) is 60.2 Å². The maximum absolute atomic E-state index is 10.9. The number of hydrogen-bond acceptors (Lipinski definition) is 5. The Morgan fingerprint density at radius 1 is 1.31 bits per heavy atom. The number of carbonyl (C=O) groups is 1. The summed E-state index contributed by atoms with van der Waals surface area (Å²) in [6.07, 6.45) is 2.18. The maximum atomic E-state index is 10.9. The molecule has 0 saturated carbocycles. The van der Waals surface area contributed by atoms with E-state index in [1.165, 1.54) is 12.5 Å². The number of nitrogens with one attached hydrogen (secondary N) is 1. The number of aliphatic hydroxyl groups is 1. The highest BCUT2D eigenvalue weighted by atomic mass is 35.5. The summed E-state index contributed by atoms with van der Waals surface area (Å²) in [6.45, 7) is 1.76. The van der Waals surface area contributed by atoms with Crippen molar-refractivity contribution in [3.05, 3.63) is 64.2 Å². The zero-order valence-electron chi connectivity index (χ0n) is 14.6. The molecule has 6 heteroatoms. The predicted octanol–water partition coefficient (Wildman–Crippen LogP) is 3.38. The molecule has 0 fully saturated rings. The van der Waals surface area contributed by atoms with E-state index in [0.29, 0.717) is 17.3 Å². The molecule has 0 aliphatic heterocycles. The molecule has 2 aromatic rings. The summed E-state index contributed by atoms with van der Waals surface area (Å²) < 4.78 is 0. The van der Waals surface area contributed by atoms with Gasteiger partial charge < -0.3 is 10.4 Å². The molecule has 138 valence electrons. The van der Waals surface area contributed by atoms with E-state index in [9.17, 15) is 9.90 Å². The predicted molar refractivity (Wildman–Crippen MR) is 99.1 cm³/mol. The molecule has 5 nitrogen and oxygen atoms in total. The number of hydrogen-bond donors (Lipinski definition) is 2. The van der Waals surface area contributed by atoms with Crippen molar-refractivity contribution in [2.75, 3.05) is 6.54 Å². The maximum Gasteiger partial charge on any atom is 0.352 e. The first-order valence-corrected chi connectivity index (χ1v) is 9.03. The van der Waals surface area contributed by atoms with Crippen LogP contribution in [0.4, 0.5) is 0 Å². The number of halogens is 1. The van der Waals surface area contributed by atoms with Crippen molar-refractivity contribution >= 4 is 17.6 Å². The Bertz CT molecular complexity index is 780. The van der Waals surface area contributed by atoms with Crippen LogP contribution < -0.4 is 10.2 Å². The summed E-state index contributed by atoms with van der Waals surface area (Å²) in [7, 11) is 0. The Balaban J connectivity index is 1.57. The Hall–Kier alpha value is -2.08. The molecule has 0 aromatic heterocycles. The molecule has 3 rings (SSSR count). The van der Waals surface area contributed by atoms with Gasteiger partial charge in [0.1, 0.15) is 0 Å². The normalized spacial score (nSPS) is 17.3. The smallest absolute Gasteiger partial charge is 0.352 e. The van der Waals surface area contributed by atoms with Crippen LogP contribution in [0.25, 0.3) is 0 Å². The Labute approximate surface area is 157 Å². The molecule has 2 N–H and O–H groups in total. The second-order valence-corrected chi connectivity index (χ2v) is 6.94. The van der Waals surface area contributed by atoms with Gasteiger partial charge in [-0.2, -0.15) is 0 Å². The molecule has 2 aromatic carbocycles. The second-order valence-electron chi connectivity index (χ2n) is 6.51. The van der Waals surface area contributed by atoms with Gasteiger partial charge in [-0.1, -0.05) is 29.8 Å². The van der Waals surface area contributed by atoms with Crippen LogP contribution in [0, 0.1) is 0 Å². The molecule has 0 amide bonds. The first-order valence-electron chi connectivity index (χ1n) is 8.65. The second kappa shape index (κ2) is 8.54. The highest BCUT2D eigenvalue weighted by molar-refractivity contribution is 6.30. The van der Waals surface area contributed by atoms with Gasteiger partial charge in [0.25, 0.3) is 0 Å². The third-order valence-electron chi connectivity index (χ3n) is 4.49. The van der Waals surface area contributed by atoms with Gasteiger partial charge in [0.15, 0.2) is 5.75 Å². The van der Waals surface area contributed by atoms with Crippen LogP contribution in [0.2, 0.25) is 5.02 Å². The zero-order valence-corrected chi connectivity index (χ0v) is 15.3. The van der Waals surface area contributed by atoms with Gasteiger partial charge >= 0.3 is 5.97 Å². The summed E-state index contributed by atoms with van der Waals surface area (Å²) in [6, 6.07) is 13.3. The topological polar surface area (TPSA) is 67.8 Å². The van der Waals surface area contributed by atoms with E-state index in [-0.39, 0.29) is 6.04 Å². The van der Waals surface area contributed by atoms with Crippen LogP contribution in [-0.4, -0.2) is 23.7 Å². The SMILES string of the molecule is CC(=O)OOc1ccc2c(c1)C[C@@H](NCC(O)c1cccc(Cl)c1)CC2. The van der Waals surface area contributed by atoms with E-state index < -0.39 is 12.1 Å². The molecule has 1 aliphatic carbocycles. The summed E-state index contributed by atoms with van der Waals surface area (Å²) in [5.41, 5.74) is 3.24. The summed E-state index contributed by atoms with van der Waals surface area (Å²) >= 11 is 5.98. The monoisotopic (exact) mass is 375 g/mol. The molecule has 1 aliphatic rings. The Morgan fingerprint density at radius 2 is 2.15 bits per heavy atom. The number of carbonyl (C=O) groups excluding carboxylic acids is 1. The van der Waals surface area contributed by atoms with Gasteiger partial charge in [-0.25, -0.2) is 4.79 Å². The van der Waals surface area contributed by atoms with Crippen molar-refractivity contribution in [1.29, 1.82) is 0 Å². The average Bonchev–Trinajstić information content (AvgIpc) is 2.64. The Morgan fingerprint density at radius 3 is 2.92 bits per heavy atom. The van der Waals surface area contributed by atoms with Crippen LogP contribution >= 0.6 is 11.6 Å². The number of benzene rings is 2. The van der Waals surface area contributed by atoms with E-state index in [1.807, 2.05) is 24.3 Å². The molecule has 0 saturated heterocycles. The Kier molecular flexibility index (Phi) is 6.14. The lowest BCUT2D eigenvalue weighted by atomic mass is 9.88. The van der Waals surface area contributed by atoms with Crippen LogP contribution in [0.5, 0.6) is 5.75 Å². The number of aryl methyl sites for hydroxylation is 1. The molecular weight excluding hydrogens is 354 g/mol. The van der Waals surface area contributed by atoms with Crippen molar-refractivity contribution < 1.29 is 19.7 Å². The van der Waals surface area contributed by atoms with Gasteiger partial charge in [0, 0.05) is 24.5 Å². The highest BCUT2D eigenvalue weighted by Crippen LogP contribution is 2.26. The number of fused-ring (bicyclic) bond motifs is 1. The van der Waals surface area contributed by atoms with E-state index in [2.05, 4.69) is 10.2 Å². The van der Waals surface area contributed by atoms with Crippen LogP contribution in [0.3, 0.4) is 0 Å². The molecular formula is C20H22ClNO4. The number of rotatable bonds is 6. The lowest BCUT2D eigenvalue weighted by Crippen LogP contribution is -2.37. The standard InChI is InChI=1S/C20H22ClNO4/c1-13(23)25-26-19-8-6-14-5-7-18(10-16(14)11-19)22-12-20(24)15-3-2-4-17(21)9-15/h2-4,6,8-9,11,18,20,22,24H,5,7,10,12H2,1H3/t18-,20?/m0/s1. The minimum atomic E-state index is -0.603. The van der Waals surface area contributed by atoms with E-state index in [4.69, 9.17) is 16.5 Å². The molecule has 1 unspecified atom stereocenters. The lowest BCUT2D eigenvalue weighted by molar-refractivity contribution is -0.210. The molecule has 2 atom stereocenters. The van der Waals surface area contributed by atoms with Crippen LogP contribution in [-0.2, 0) is 22.5 Å². The van der Waals surface area contributed by atoms with E-state index >= 15 is 0 Å². The first-order chi connectivity index (χ1) is 12.5. The van der Waals surface area contributed by atoms with E-state index in [1.54, 1.807) is 18.2 Å². The fraction of sp³-hybridized carbons (Fsp3) is 0.350. The van der Waals surface area contributed by atoms with Crippen molar-refractivity contribution in [1.82, 2.24) is 5.32 Å². The van der Waals surface area contributed by atoms with Gasteiger partial charge in [-0.3, -0.25) is 9.78 Å². The molecule has 0 radical (unpaired) electrons. The minimum Gasteiger partial charge on any atom is -0.387 e. The zero-order chi connectivity index (χ0) is 18.5. The summed E-state index contributed by atoms with van der Waals surface area (Å²) in [5.74, 6) is 0.0239. The van der Waals surface area contributed by atoms with Gasteiger partial charge in [0.2, 0.25) is 0 Å². The highest BCUT2D eigenvalue weighted by Gasteiger charge is 2.20.